The Morgan fingerprint density at radius 3 is 2.49 bits per heavy atom. The highest BCUT2D eigenvalue weighted by Crippen LogP contribution is 2.29. The van der Waals surface area contributed by atoms with E-state index in [1.165, 1.54) is 24.3 Å². The maximum absolute atomic E-state index is 14.0. The van der Waals surface area contributed by atoms with Gasteiger partial charge in [0.2, 0.25) is 0 Å². The van der Waals surface area contributed by atoms with Crippen molar-refractivity contribution in [1.29, 1.82) is 0 Å². The summed E-state index contributed by atoms with van der Waals surface area (Å²) in [5, 5.41) is 10.4. The summed E-state index contributed by atoms with van der Waals surface area (Å²) in [5.41, 5.74) is 1.95. The lowest BCUT2D eigenvalue weighted by molar-refractivity contribution is 0.102. The molecule has 0 saturated heterocycles. The predicted octanol–water partition coefficient (Wildman–Crippen LogP) is 5.54. The molecule has 3 aromatic carbocycles. The van der Waals surface area contributed by atoms with Gasteiger partial charge in [-0.3, -0.25) is 14.1 Å². The van der Waals surface area contributed by atoms with Crippen molar-refractivity contribution in [2.75, 3.05) is 5.32 Å². The fraction of sp³-hybridized carbons (Fsp3) is 0.0400. The summed E-state index contributed by atoms with van der Waals surface area (Å²) in [4.78, 5) is 15.9. The second-order valence-corrected chi connectivity index (χ2v) is 9.17. The molecule has 0 bridgehead atoms. The number of benzene rings is 3. The van der Waals surface area contributed by atoms with Crippen molar-refractivity contribution in [2.24, 2.45) is 0 Å². The van der Waals surface area contributed by atoms with Crippen LogP contribution in [-0.4, -0.2) is 25.3 Å². The number of fused-ring (bicyclic) bond motifs is 1. The van der Waals surface area contributed by atoms with Gasteiger partial charge < -0.3 is 10.3 Å². The van der Waals surface area contributed by atoms with E-state index in [-0.39, 0.29) is 17.0 Å². The van der Waals surface area contributed by atoms with E-state index in [1.807, 2.05) is 0 Å². The molecule has 0 saturated carbocycles. The van der Waals surface area contributed by atoms with Crippen LogP contribution in [0.2, 0.25) is 0 Å². The lowest BCUT2D eigenvalue weighted by atomic mass is 10.2. The molecule has 3 N–H and O–H groups in total. The third-order valence-electron chi connectivity index (χ3n) is 5.40. The minimum Gasteiger partial charge on any atom is -0.349 e. The highest BCUT2D eigenvalue weighted by molar-refractivity contribution is 7.84. The minimum atomic E-state index is -1.71. The van der Waals surface area contributed by atoms with Gasteiger partial charge in [-0.15, -0.1) is 0 Å². The van der Waals surface area contributed by atoms with Gasteiger partial charge in [-0.2, -0.15) is 5.10 Å². The van der Waals surface area contributed by atoms with Crippen molar-refractivity contribution in [3.05, 3.63) is 102 Å². The lowest BCUT2D eigenvalue weighted by Gasteiger charge is -2.06. The van der Waals surface area contributed by atoms with Gasteiger partial charge in [-0.1, -0.05) is 12.1 Å². The van der Waals surface area contributed by atoms with E-state index in [9.17, 15) is 22.2 Å². The third-order valence-corrected chi connectivity index (χ3v) is 6.73. The molecular formula is C25H17F3N4O2S. The van der Waals surface area contributed by atoms with Gasteiger partial charge >= 0.3 is 0 Å². The molecular weight excluding hydrogens is 477 g/mol. The first kappa shape index (κ1) is 22.6. The van der Waals surface area contributed by atoms with E-state index >= 15 is 0 Å². The molecule has 0 spiro atoms. The van der Waals surface area contributed by atoms with Crippen LogP contribution in [-0.2, 0) is 16.6 Å². The van der Waals surface area contributed by atoms with Crippen molar-refractivity contribution >= 4 is 33.3 Å². The van der Waals surface area contributed by atoms with Crippen LogP contribution in [0.15, 0.2) is 77.7 Å². The molecule has 0 aliphatic carbocycles. The number of amides is 1. The number of hydrogen-bond acceptors (Lipinski definition) is 3. The van der Waals surface area contributed by atoms with Gasteiger partial charge in [0.15, 0.2) is 0 Å². The van der Waals surface area contributed by atoms with Gasteiger partial charge in [-0.05, 0) is 60.7 Å². The fourth-order valence-electron chi connectivity index (χ4n) is 3.66. The van der Waals surface area contributed by atoms with E-state index in [0.717, 1.165) is 12.1 Å². The molecule has 0 aliphatic heterocycles. The molecule has 0 fully saturated rings. The first-order valence-electron chi connectivity index (χ1n) is 10.4. The SMILES string of the molecule is O=C(Nc1cccc(F)c1)c1ccc(-c2n[nH]c3ccc(S(=O)Cc4c(F)cccc4F)cc23)[nH]1. The quantitative estimate of drug-likeness (QED) is 0.290. The maximum atomic E-state index is 14.0. The summed E-state index contributed by atoms with van der Waals surface area (Å²) in [5.74, 6) is -2.75. The number of carbonyl (C=O) groups is 1. The van der Waals surface area contributed by atoms with E-state index in [0.29, 0.717) is 32.9 Å². The summed E-state index contributed by atoms with van der Waals surface area (Å²) in [6.07, 6.45) is 0. The van der Waals surface area contributed by atoms with Crippen molar-refractivity contribution in [2.45, 2.75) is 10.6 Å². The molecule has 6 nitrogen and oxygen atoms in total. The lowest BCUT2D eigenvalue weighted by Crippen LogP contribution is -2.12. The number of nitrogens with one attached hydrogen (secondary N) is 3. The first-order chi connectivity index (χ1) is 16.9. The molecule has 5 aromatic rings. The molecule has 1 amide bonds. The van der Waals surface area contributed by atoms with Crippen LogP contribution >= 0.6 is 0 Å². The summed E-state index contributed by atoms with van der Waals surface area (Å²) < 4.78 is 54.3. The molecule has 0 aliphatic rings. The average molecular weight is 494 g/mol. The molecule has 10 heteroatoms. The van der Waals surface area contributed by atoms with Crippen molar-refractivity contribution in [3.8, 4) is 11.4 Å². The number of carbonyl (C=O) groups excluding carboxylic acids is 1. The molecule has 176 valence electrons. The summed E-state index contributed by atoms with van der Waals surface area (Å²) in [7, 11) is -1.71. The van der Waals surface area contributed by atoms with Crippen LogP contribution in [0.3, 0.4) is 0 Å². The van der Waals surface area contributed by atoms with Gasteiger partial charge in [0.25, 0.3) is 5.91 Å². The standard InChI is InChI=1S/C25H17F3N4O2S/c26-14-3-1-4-15(11-14)29-25(33)23-10-9-22(30-23)24-17-12-16(7-8-21(17)31-32-24)35(34)13-18-19(27)5-2-6-20(18)28/h1-12,30H,13H2,(H,29,33)(H,31,32). The van der Waals surface area contributed by atoms with Gasteiger partial charge in [0, 0.05) is 21.5 Å². The van der Waals surface area contributed by atoms with E-state index in [2.05, 4.69) is 20.5 Å². The minimum absolute atomic E-state index is 0.232. The third kappa shape index (κ3) is 4.60. The topological polar surface area (TPSA) is 90.6 Å². The largest absolute Gasteiger partial charge is 0.349 e. The second-order valence-electron chi connectivity index (χ2n) is 7.72. The average Bonchev–Trinajstić information content (AvgIpc) is 3.48. The Hall–Kier alpha value is -4.18. The molecule has 35 heavy (non-hydrogen) atoms. The molecule has 1 unspecified atom stereocenters. The van der Waals surface area contributed by atoms with Crippen LogP contribution < -0.4 is 5.32 Å². The second kappa shape index (κ2) is 9.22. The van der Waals surface area contributed by atoms with E-state index in [1.54, 1.807) is 36.4 Å². The van der Waals surface area contributed by atoms with Crippen LogP contribution in [0.25, 0.3) is 22.3 Å². The van der Waals surface area contributed by atoms with Crippen molar-refractivity contribution < 1.29 is 22.2 Å². The molecule has 1 atom stereocenters. The smallest absolute Gasteiger partial charge is 0.272 e. The van der Waals surface area contributed by atoms with Crippen LogP contribution in [0.4, 0.5) is 18.9 Å². The number of H-pyrrole nitrogens is 2. The Bertz CT molecular complexity index is 1570. The number of nitrogens with zero attached hydrogens (tertiary/aromatic N) is 1. The Labute approximate surface area is 199 Å². The number of rotatable bonds is 6. The van der Waals surface area contributed by atoms with Gasteiger partial charge in [0.1, 0.15) is 28.8 Å². The fourth-order valence-corrected chi connectivity index (χ4v) is 4.83. The highest BCUT2D eigenvalue weighted by Gasteiger charge is 2.17. The highest BCUT2D eigenvalue weighted by atomic mass is 32.2. The van der Waals surface area contributed by atoms with E-state index < -0.39 is 34.2 Å². The normalized spacial score (nSPS) is 12.1. The Kier molecular flexibility index (Phi) is 5.96. The predicted molar refractivity (Wildman–Crippen MR) is 127 cm³/mol. The summed E-state index contributed by atoms with van der Waals surface area (Å²) in [6.45, 7) is 0. The van der Waals surface area contributed by atoms with Crippen LogP contribution in [0, 0.1) is 17.5 Å². The van der Waals surface area contributed by atoms with Gasteiger partial charge in [-0.25, -0.2) is 13.2 Å². The van der Waals surface area contributed by atoms with Crippen LogP contribution in [0.1, 0.15) is 16.1 Å². The van der Waals surface area contributed by atoms with Crippen molar-refractivity contribution in [1.82, 2.24) is 15.2 Å². The van der Waals surface area contributed by atoms with Crippen molar-refractivity contribution in [3.63, 3.8) is 0 Å². The Balaban J connectivity index is 1.41. The maximum Gasteiger partial charge on any atom is 0.272 e. The first-order valence-corrected chi connectivity index (χ1v) is 11.8. The number of halogens is 3. The number of aromatic nitrogens is 3. The number of hydrogen-bond donors (Lipinski definition) is 3. The molecule has 0 radical (unpaired) electrons. The Morgan fingerprint density at radius 1 is 0.943 bits per heavy atom. The van der Waals surface area contributed by atoms with E-state index in [4.69, 9.17) is 0 Å². The van der Waals surface area contributed by atoms with Gasteiger partial charge in [0.05, 0.1) is 27.8 Å². The Morgan fingerprint density at radius 2 is 1.71 bits per heavy atom. The summed E-state index contributed by atoms with van der Waals surface area (Å²) in [6, 6.07) is 17.2. The zero-order chi connectivity index (χ0) is 24.5. The molecule has 5 rings (SSSR count). The number of anilines is 1. The number of aromatic amines is 2. The molecule has 2 aromatic heterocycles. The zero-order valence-corrected chi connectivity index (χ0v) is 18.8. The zero-order valence-electron chi connectivity index (χ0n) is 17.9. The monoisotopic (exact) mass is 494 g/mol. The molecule has 2 heterocycles. The van der Waals surface area contributed by atoms with Crippen LogP contribution in [0.5, 0.6) is 0 Å². The summed E-state index contributed by atoms with van der Waals surface area (Å²) >= 11 is 0.